The SMILES string of the molecule is CCOC(=O)c1cccc(Nc2nc3c(s2)CCC3)c1N. The van der Waals surface area contributed by atoms with Gasteiger partial charge in [-0.25, -0.2) is 9.78 Å². The number of nitrogen functional groups attached to an aromatic ring is 1. The first-order valence-electron chi connectivity index (χ1n) is 7.00. The molecule has 1 aromatic heterocycles. The predicted molar refractivity (Wildman–Crippen MR) is 84.2 cm³/mol. The Hall–Kier alpha value is -2.08. The molecule has 1 aromatic carbocycles. The van der Waals surface area contributed by atoms with Crippen molar-refractivity contribution in [3.05, 3.63) is 34.3 Å². The Balaban J connectivity index is 1.85. The van der Waals surface area contributed by atoms with Crippen LogP contribution in [-0.2, 0) is 17.6 Å². The number of nitrogens with two attached hydrogens (primary N) is 1. The number of hydrogen-bond donors (Lipinski definition) is 2. The van der Waals surface area contributed by atoms with Crippen molar-refractivity contribution < 1.29 is 9.53 Å². The molecule has 0 aliphatic heterocycles. The summed E-state index contributed by atoms with van der Waals surface area (Å²) in [6.07, 6.45) is 3.34. The average molecular weight is 303 g/mol. The van der Waals surface area contributed by atoms with Crippen molar-refractivity contribution in [2.45, 2.75) is 26.2 Å². The molecule has 0 atom stereocenters. The fourth-order valence-corrected chi connectivity index (χ4v) is 3.48. The van der Waals surface area contributed by atoms with Crippen molar-refractivity contribution in [1.82, 2.24) is 4.98 Å². The summed E-state index contributed by atoms with van der Waals surface area (Å²) in [5.41, 5.74) is 8.71. The molecule has 1 aliphatic carbocycles. The van der Waals surface area contributed by atoms with Crippen molar-refractivity contribution in [1.29, 1.82) is 0 Å². The molecule has 0 bridgehead atoms. The van der Waals surface area contributed by atoms with Gasteiger partial charge in [0.1, 0.15) is 0 Å². The molecule has 0 saturated heterocycles. The van der Waals surface area contributed by atoms with Gasteiger partial charge in [-0.1, -0.05) is 6.07 Å². The van der Waals surface area contributed by atoms with Gasteiger partial charge in [-0.05, 0) is 38.3 Å². The number of ether oxygens (including phenoxy) is 1. The topological polar surface area (TPSA) is 77.2 Å². The van der Waals surface area contributed by atoms with Gasteiger partial charge in [-0.2, -0.15) is 0 Å². The van der Waals surface area contributed by atoms with Crippen LogP contribution in [0.5, 0.6) is 0 Å². The number of rotatable bonds is 4. The van der Waals surface area contributed by atoms with Gasteiger partial charge in [-0.15, -0.1) is 11.3 Å². The minimum Gasteiger partial charge on any atom is -0.462 e. The Morgan fingerprint density at radius 3 is 3.10 bits per heavy atom. The highest BCUT2D eigenvalue weighted by molar-refractivity contribution is 7.15. The molecule has 0 fully saturated rings. The fraction of sp³-hybridized carbons (Fsp3) is 0.333. The van der Waals surface area contributed by atoms with Crippen LogP contribution in [0.1, 0.15) is 34.3 Å². The zero-order valence-electron chi connectivity index (χ0n) is 11.8. The van der Waals surface area contributed by atoms with Gasteiger partial charge in [-0.3, -0.25) is 0 Å². The number of esters is 1. The molecule has 1 heterocycles. The maximum Gasteiger partial charge on any atom is 0.340 e. The number of carbonyl (C=O) groups excluding carboxylic acids is 1. The summed E-state index contributed by atoms with van der Waals surface area (Å²) in [5, 5.41) is 4.04. The van der Waals surface area contributed by atoms with Crippen LogP contribution in [0.25, 0.3) is 0 Å². The minimum atomic E-state index is -0.403. The molecule has 0 saturated carbocycles. The third kappa shape index (κ3) is 2.71. The van der Waals surface area contributed by atoms with Gasteiger partial charge in [0.05, 0.1) is 29.2 Å². The summed E-state index contributed by atoms with van der Waals surface area (Å²) in [6, 6.07) is 5.29. The summed E-state index contributed by atoms with van der Waals surface area (Å²) in [7, 11) is 0. The molecule has 21 heavy (non-hydrogen) atoms. The van der Waals surface area contributed by atoms with Crippen LogP contribution in [0.3, 0.4) is 0 Å². The van der Waals surface area contributed by atoms with Gasteiger partial charge >= 0.3 is 5.97 Å². The largest absolute Gasteiger partial charge is 0.462 e. The summed E-state index contributed by atoms with van der Waals surface area (Å²) in [4.78, 5) is 17.8. The van der Waals surface area contributed by atoms with Crippen LogP contribution in [0, 0.1) is 0 Å². The quantitative estimate of drug-likeness (QED) is 0.670. The van der Waals surface area contributed by atoms with Crippen molar-refractivity contribution in [3.8, 4) is 0 Å². The van der Waals surface area contributed by atoms with E-state index in [4.69, 9.17) is 10.5 Å². The zero-order chi connectivity index (χ0) is 14.8. The maximum atomic E-state index is 11.8. The summed E-state index contributed by atoms with van der Waals surface area (Å²) in [6.45, 7) is 2.10. The molecule has 0 radical (unpaired) electrons. The highest BCUT2D eigenvalue weighted by Gasteiger charge is 2.18. The standard InChI is InChI=1S/C15H17N3O2S/c1-2-20-14(19)9-5-3-7-11(13(9)16)18-15-17-10-6-4-8-12(10)21-15/h3,5,7H,2,4,6,8,16H2,1H3,(H,17,18). The average Bonchev–Trinajstić information content (AvgIpc) is 3.02. The molecule has 6 heteroatoms. The lowest BCUT2D eigenvalue weighted by Crippen LogP contribution is -2.09. The normalized spacial score (nSPS) is 13.0. The molecule has 3 N–H and O–H groups in total. The smallest absolute Gasteiger partial charge is 0.340 e. The second-order valence-corrected chi connectivity index (χ2v) is 5.94. The Morgan fingerprint density at radius 1 is 1.48 bits per heavy atom. The summed E-state index contributed by atoms with van der Waals surface area (Å²) >= 11 is 1.66. The minimum absolute atomic E-state index is 0.329. The molecule has 5 nitrogen and oxygen atoms in total. The van der Waals surface area contributed by atoms with Crippen LogP contribution in [0.4, 0.5) is 16.5 Å². The Bertz CT molecular complexity index is 660. The van der Waals surface area contributed by atoms with Crippen LogP contribution in [-0.4, -0.2) is 17.6 Å². The number of nitrogens with zero attached hydrogens (tertiary/aromatic N) is 1. The number of nitrogens with one attached hydrogen (secondary N) is 1. The van der Waals surface area contributed by atoms with E-state index in [1.165, 1.54) is 17.0 Å². The molecular formula is C15H17N3O2S. The first kappa shape index (κ1) is 13.9. The zero-order valence-corrected chi connectivity index (χ0v) is 12.6. The fourth-order valence-electron chi connectivity index (χ4n) is 2.42. The van der Waals surface area contributed by atoms with Crippen molar-refractivity contribution in [2.24, 2.45) is 0 Å². The van der Waals surface area contributed by atoms with Crippen molar-refractivity contribution in [2.75, 3.05) is 17.7 Å². The van der Waals surface area contributed by atoms with E-state index in [2.05, 4.69) is 10.3 Å². The monoisotopic (exact) mass is 303 g/mol. The van der Waals surface area contributed by atoms with Gasteiger partial charge in [0.15, 0.2) is 5.13 Å². The van der Waals surface area contributed by atoms with E-state index in [1.807, 2.05) is 6.07 Å². The van der Waals surface area contributed by atoms with Crippen LogP contribution in [0.2, 0.25) is 0 Å². The second kappa shape index (κ2) is 5.73. The number of fused-ring (bicyclic) bond motifs is 1. The van der Waals surface area contributed by atoms with Crippen LogP contribution in [0.15, 0.2) is 18.2 Å². The molecule has 110 valence electrons. The first-order chi connectivity index (χ1) is 10.2. The number of anilines is 3. The lowest BCUT2D eigenvalue weighted by molar-refractivity contribution is 0.0527. The Kier molecular flexibility index (Phi) is 3.79. The van der Waals surface area contributed by atoms with Gasteiger partial charge in [0.2, 0.25) is 0 Å². The molecule has 0 unspecified atom stereocenters. The molecule has 0 spiro atoms. The molecule has 3 rings (SSSR count). The van der Waals surface area contributed by atoms with Crippen molar-refractivity contribution >= 4 is 33.8 Å². The number of thiazole rings is 1. The van der Waals surface area contributed by atoms with E-state index in [0.29, 0.717) is 23.5 Å². The highest BCUT2D eigenvalue weighted by atomic mass is 32.1. The van der Waals surface area contributed by atoms with Gasteiger partial charge in [0, 0.05) is 4.88 Å². The summed E-state index contributed by atoms with van der Waals surface area (Å²) in [5.74, 6) is -0.403. The summed E-state index contributed by atoms with van der Waals surface area (Å²) < 4.78 is 5.00. The lowest BCUT2D eigenvalue weighted by atomic mass is 10.1. The van der Waals surface area contributed by atoms with E-state index in [1.54, 1.807) is 30.4 Å². The van der Waals surface area contributed by atoms with Crippen molar-refractivity contribution in [3.63, 3.8) is 0 Å². The molecule has 0 amide bonds. The number of hydrogen-bond acceptors (Lipinski definition) is 6. The van der Waals surface area contributed by atoms with Crippen LogP contribution < -0.4 is 11.1 Å². The molecular weight excluding hydrogens is 286 g/mol. The van der Waals surface area contributed by atoms with Crippen LogP contribution >= 0.6 is 11.3 Å². The number of aryl methyl sites for hydroxylation is 2. The molecule has 2 aromatic rings. The Morgan fingerprint density at radius 2 is 2.33 bits per heavy atom. The van der Waals surface area contributed by atoms with Gasteiger partial charge in [0.25, 0.3) is 0 Å². The first-order valence-corrected chi connectivity index (χ1v) is 7.82. The highest BCUT2D eigenvalue weighted by Crippen LogP contribution is 2.34. The molecule has 1 aliphatic rings. The maximum absolute atomic E-state index is 11.8. The van der Waals surface area contributed by atoms with E-state index in [-0.39, 0.29) is 0 Å². The van der Waals surface area contributed by atoms with Gasteiger partial charge < -0.3 is 15.8 Å². The predicted octanol–water partition coefficient (Wildman–Crippen LogP) is 3.13. The second-order valence-electron chi connectivity index (χ2n) is 4.85. The van der Waals surface area contributed by atoms with E-state index in [9.17, 15) is 4.79 Å². The van der Waals surface area contributed by atoms with E-state index in [0.717, 1.165) is 18.0 Å². The third-order valence-corrected chi connectivity index (χ3v) is 4.51. The van der Waals surface area contributed by atoms with E-state index >= 15 is 0 Å². The number of para-hydroxylation sites is 1. The number of benzene rings is 1. The Labute approximate surface area is 127 Å². The lowest BCUT2D eigenvalue weighted by Gasteiger charge is -2.10. The third-order valence-electron chi connectivity index (χ3n) is 3.44. The number of aromatic nitrogens is 1. The number of carbonyl (C=O) groups is 1. The van der Waals surface area contributed by atoms with E-state index < -0.39 is 5.97 Å².